The van der Waals surface area contributed by atoms with Gasteiger partial charge in [0.1, 0.15) is 5.03 Å². The minimum absolute atomic E-state index is 0.197. The fourth-order valence-corrected chi connectivity index (χ4v) is 6.84. The smallest absolute Gasteiger partial charge is 0.255 e. The number of pyridine rings is 2. The summed E-state index contributed by atoms with van der Waals surface area (Å²) in [6.07, 6.45) is 4.99. The van der Waals surface area contributed by atoms with Crippen molar-refractivity contribution in [1.29, 1.82) is 0 Å². The number of sulfone groups is 2. The molecule has 12 nitrogen and oxygen atoms in total. The zero-order chi connectivity index (χ0) is 31.5. The number of ether oxygens (including phenoxy) is 1. The van der Waals surface area contributed by atoms with Crippen LogP contribution in [-0.2, 0) is 37.6 Å². The molecule has 14 heteroatoms. The zero-order valence-corrected chi connectivity index (χ0v) is 26.1. The Morgan fingerprint density at radius 1 is 1.09 bits per heavy atom. The third-order valence-corrected chi connectivity index (χ3v) is 9.70. The number of carbonyl (C=O) groups is 1. The summed E-state index contributed by atoms with van der Waals surface area (Å²) in [5.74, 6) is -0.547. The maximum atomic E-state index is 13.7. The fraction of sp³-hybridized carbons (Fsp3) is 0.414. The van der Waals surface area contributed by atoms with E-state index in [1.54, 1.807) is 24.4 Å². The van der Waals surface area contributed by atoms with Gasteiger partial charge in [0, 0.05) is 67.9 Å². The van der Waals surface area contributed by atoms with E-state index < -0.39 is 47.6 Å². The predicted octanol–water partition coefficient (Wildman–Crippen LogP) is 1.98. The molecule has 3 heterocycles. The molecule has 2 aromatic heterocycles. The van der Waals surface area contributed by atoms with Crippen LogP contribution in [0.4, 0.5) is 5.69 Å². The van der Waals surface area contributed by atoms with E-state index in [0.29, 0.717) is 42.1 Å². The van der Waals surface area contributed by atoms with Crippen LogP contribution >= 0.6 is 0 Å². The molecule has 0 saturated carbocycles. The molecule has 0 bridgehead atoms. The summed E-state index contributed by atoms with van der Waals surface area (Å²) in [5.41, 5.74) is 2.58. The Hall–Kier alpha value is -3.59. The highest BCUT2D eigenvalue weighted by atomic mass is 32.2. The standard InChI is InChI=1S/C29H36N4O8S2/c1-5-33(22-8-10-41-11-9-22)25-13-20(19-6-7-21(17-34)30-15-19)12-23(18(25)2)28(35)31-16-24-26(42(3,37)38)14-27(32-29(24)36)43(4,39)40/h6-7,12-15,22,34H,5,8-11,16-17H2,1-4H3,(H,31,35)(H,32,36). The molecule has 1 aliphatic rings. The number of anilines is 1. The van der Waals surface area contributed by atoms with E-state index in [4.69, 9.17) is 4.74 Å². The first kappa shape index (κ1) is 32.3. The average Bonchev–Trinajstić information content (AvgIpc) is 2.97. The Balaban J connectivity index is 1.77. The lowest BCUT2D eigenvalue weighted by Gasteiger charge is -2.37. The summed E-state index contributed by atoms with van der Waals surface area (Å²) in [7, 11) is -7.92. The Bertz CT molecular complexity index is 1780. The Morgan fingerprint density at radius 2 is 1.79 bits per heavy atom. The van der Waals surface area contributed by atoms with Gasteiger partial charge in [-0.05, 0) is 62.1 Å². The molecule has 3 N–H and O–H groups in total. The molecule has 1 aromatic carbocycles. The normalized spacial score (nSPS) is 14.4. The van der Waals surface area contributed by atoms with Crippen LogP contribution in [0.5, 0.6) is 0 Å². The number of H-pyrrole nitrogens is 1. The van der Waals surface area contributed by atoms with E-state index in [0.717, 1.165) is 42.7 Å². The number of nitrogens with zero attached hydrogens (tertiary/aromatic N) is 2. The number of aromatic amines is 1. The highest BCUT2D eigenvalue weighted by Gasteiger charge is 2.26. The monoisotopic (exact) mass is 632 g/mol. The van der Waals surface area contributed by atoms with E-state index in [9.17, 15) is 31.5 Å². The third kappa shape index (κ3) is 7.32. The molecule has 4 rings (SSSR count). The number of benzene rings is 1. The van der Waals surface area contributed by atoms with Crippen molar-refractivity contribution in [3.63, 3.8) is 0 Å². The van der Waals surface area contributed by atoms with Crippen molar-refractivity contribution in [3.8, 4) is 11.1 Å². The molecule has 0 aliphatic carbocycles. The second kappa shape index (κ2) is 13.0. The topological polar surface area (TPSA) is 176 Å². The first-order valence-electron chi connectivity index (χ1n) is 13.7. The molecule has 1 aliphatic heterocycles. The van der Waals surface area contributed by atoms with Crippen LogP contribution in [0.25, 0.3) is 11.1 Å². The van der Waals surface area contributed by atoms with E-state index in [2.05, 4.69) is 20.2 Å². The number of amides is 1. The van der Waals surface area contributed by atoms with Gasteiger partial charge in [-0.3, -0.25) is 14.6 Å². The average molecular weight is 633 g/mol. The summed E-state index contributed by atoms with van der Waals surface area (Å²) < 4.78 is 54.6. The van der Waals surface area contributed by atoms with Crippen LogP contribution in [-0.4, -0.2) is 76.1 Å². The van der Waals surface area contributed by atoms with Gasteiger partial charge >= 0.3 is 0 Å². The molecular formula is C29H36N4O8S2. The van der Waals surface area contributed by atoms with Crippen molar-refractivity contribution in [1.82, 2.24) is 15.3 Å². The first-order chi connectivity index (χ1) is 20.2. The molecule has 0 atom stereocenters. The van der Waals surface area contributed by atoms with Crippen molar-refractivity contribution >= 4 is 31.3 Å². The molecule has 1 amide bonds. The van der Waals surface area contributed by atoms with Gasteiger partial charge in [0.05, 0.1) is 22.8 Å². The van der Waals surface area contributed by atoms with E-state index in [1.165, 1.54) is 0 Å². The quantitative estimate of drug-likeness (QED) is 0.300. The summed E-state index contributed by atoms with van der Waals surface area (Å²) in [5, 5.41) is 11.6. The van der Waals surface area contributed by atoms with Crippen molar-refractivity contribution in [3.05, 3.63) is 69.3 Å². The van der Waals surface area contributed by atoms with Gasteiger partial charge in [0.25, 0.3) is 11.5 Å². The van der Waals surface area contributed by atoms with Crippen molar-refractivity contribution in [2.75, 3.05) is 37.2 Å². The molecule has 0 radical (unpaired) electrons. The van der Waals surface area contributed by atoms with Crippen molar-refractivity contribution in [2.24, 2.45) is 0 Å². The van der Waals surface area contributed by atoms with Crippen LogP contribution in [0, 0.1) is 6.92 Å². The van der Waals surface area contributed by atoms with Crippen molar-refractivity contribution < 1.29 is 31.5 Å². The number of carbonyl (C=O) groups excluding carboxylic acids is 1. The SMILES string of the molecule is CCN(c1cc(-c2ccc(CO)nc2)cc(C(=O)NCc2c(S(C)(=O)=O)cc(S(C)(=O)=O)[nH]c2=O)c1C)C1CCOCC1. The molecule has 1 saturated heterocycles. The Morgan fingerprint density at radius 3 is 2.35 bits per heavy atom. The molecule has 0 unspecified atom stereocenters. The van der Waals surface area contributed by atoms with Gasteiger partial charge in [0.2, 0.25) is 0 Å². The lowest BCUT2D eigenvalue weighted by Crippen LogP contribution is -2.40. The van der Waals surface area contributed by atoms with Crippen molar-refractivity contribution in [2.45, 2.75) is 55.8 Å². The van der Waals surface area contributed by atoms with Crippen LogP contribution in [0.1, 0.15) is 46.9 Å². The van der Waals surface area contributed by atoms with Gasteiger partial charge < -0.3 is 25.0 Å². The maximum Gasteiger partial charge on any atom is 0.255 e. The lowest BCUT2D eigenvalue weighted by molar-refractivity contribution is 0.0846. The number of hydrogen-bond donors (Lipinski definition) is 3. The summed E-state index contributed by atoms with van der Waals surface area (Å²) in [6, 6.07) is 8.30. The van der Waals surface area contributed by atoms with Gasteiger partial charge in [-0.15, -0.1) is 0 Å². The number of hydrogen-bond acceptors (Lipinski definition) is 10. The van der Waals surface area contributed by atoms with Crippen LogP contribution in [0.15, 0.2) is 51.2 Å². The zero-order valence-electron chi connectivity index (χ0n) is 24.5. The molecule has 43 heavy (non-hydrogen) atoms. The molecular weight excluding hydrogens is 596 g/mol. The number of aliphatic hydroxyl groups is 1. The summed E-state index contributed by atoms with van der Waals surface area (Å²) >= 11 is 0. The maximum absolute atomic E-state index is 13.7. The largest absolute Gasteiger partial charge is 0.390 e. The Labute approximate surface area is 251 Å². The highest BCUT2D eigenvalue weighted by molar-refractivity contribution is 7.91. The number of rotatable bonds is 10. The van der Waals surface area contributed by atoms with Crippen LogP contribution in [0.3, 0.4) is 0 Å². The van der Waals surface area contributed by atoms with Gasteiger partial charge in [0.15, 0.2) is 19.7 Å². The second-order valence-electron chi connectivity index (χ2n) is 10.5. The Kier molecular flexibility index (Phi) is 9.74. The van der Waals surface area contributed by atoms with E-state index >= 15 is 0 Å². The number of aliphatic hydroxyl groups excluding tert-OH is 1. The van der Waals surface area contributed by atoms with Gasteiger partial charge in [-0.2, -0.15) is 0 Å². The molecule has 0 spiro atoms. The van der Waals surface area contributed by atoms with Crippen LogP contribution < -0.4 is 15.8 Å². The number of aromatic nitrogens is 2. The van der Waals surface area contributed by atoms with Crippen LogP contribution in [0.2, 0.25) is 0 Å². The fourth-order valence-electron chi connectivity index (χ4n) is 5.21. The van der Waals surface area contributed by atoms with E-state index in [-0.39, 0.29) is 18.2 Å². The van der Waals surface area contributed by atoms with Gasteiger partial charge in [-0.1, -0.05) is 6.07 Å². The minimum atomic E-state index is -4.02. The predicted molar refractivity (Wildman–Crippen MR) is 162 cm³/mol. The lowest BCUT2D eigenvalue weighted by atomic mass is 9.95. The molecule has 3 aromatic rings. The van der Waals surface area contributed by atoms with Gasteiger partial charge in [-0.25, -0.2) is 16.8 Å². The third-order valence-electron chi connectivity index (χ3n) is 7.52. The second-order valence-corrected chi connectivity index (χ2v) is 14.5. The molecule has 232 valence electrons. The first-order valence-corrected chi connectivity index (χ1v) is 17.5. The van der Waals surface area contributed by atoms with E-state index in [1.807, 2.05) is 19.9 Å². The minimum Gasteiger partial charge on any atom is -0.390 e. The highest BCUT2D eigenvalue weighted by Crippen LogP contribution is 2.34. The summed E-state index contributed by atoms with van der Waals surface area (Å²) in [6.45, 7) is 5.16. The molecule has 1 fully saturated rings. The summed E-state index contributed by atoms with van der Waals surface area (Å²) in [4.78, 5) is 34.8. The number of nitrogens with one attached hydrogen (secondary N) is 2.